The van der Waals surface area contributed by atoms with Crippen molar-refractivity contribution in [1.82, 2.24) is 14.9 Å². The van der Waals surface area contributed by atoms with Crippen LogP contribution in [-0.2, 0) is 29.1 Å². The van der Waals surface area contributed by atoms with Gasteiger partial charge >= 0.3 is 0 Å². The topological polar surface area (TPSA) is 73.2 Å². The summed E-state index contributed by atoms with van der Waals surface area (Å²) in [5.41, 5.74) is 3.46. The molecule has 0 bridgehead atoms. The summed E-state index contributed by atoms with van der Waals surface area (Å²) in [6.45, 7) is 7.04. The number of hydrogen-bond donors (Lipinski definition) is 1. The Hall–Kier alpha value is -2.94. The van der Waals surface area contributed by atoms with E-state index >= 15 is 0 Å². The summed E-state index contributed by atoms with van der Waals surface area (Å²) in [6.07, 6.45) is 0.668. The standard InChI is InChI=1S/C27H27N3O3S2/c1-17-8-7-11-19(12-17)30-25(32)23-20-13-27(2,3)33-15-21(20)35-24(23)29-26(30)34-16-22(31)28-14-18-9-5-4-6-10-18/h4-12H,13-16H2,1-3H3,(H,28,31). The fourth-order valence-electron chi connectivity index (χ4n) is 4.24. The van der Waals surface area contributed by atoms with Crippen molar-refractivity contribution in [1.29, 1.82) is 0 Å². The first-order valence-electron chi connectivity index (χ1n) is 11.5. The maximum atomic E-state index is 13.9. The zero-order valence-electron chi connectivity index (χ0n) is 20.0. The molecule has 0 unspecified atom stereocenters. The zero-order chi connectivity index (χ0) is 24.6. The highest BCUT2D eigenvalue weighted by molar-refractivity contribution is 7.99. The van der Waals surface area contributed by atoms with Gasteiger partial charge in [0.2, 0.25) is 5.91 Å². The van der Waals surface area contributed by atoms with Gasteiger partial charge in [0.25, 0.3) is 5.56 Å². The van der Waals surface area contributed by atoms with Crippen LogP contribution in [-0.4, -0.2) is 26.8 Å². The van der Waals surface area contributed by atoms with E-state index < -0.39 is 0 Å². The van der Waals surface area contributed by atoms with Crippen molar-refractivity contribution in [3.8, 4) is 5.69 Å². The number of thioether (sulfide) groups is 1. The molecule has 35 heavy (non-hydrogen) atoms. The number of nitrogens with zero attached hydrogens (tertiary/aromatic N) is 2. The molecule has 0 saturated carbocycles. The molecule has 5 rings (SSSR count). The number of rotatable bonds is 6. The van der Waals surface area contributed by atoms with Gasteiger partial charge in [-0.05, 0) is 49.6 Å². The maximum Gasteiger partial charge on any atom is 0.267 e. The summed E-state index contributed by atoms with van der Waals surface area (Å²) in [5, 5.41) is 4.13. The van der Waals surface area contributed by atoms with Crippen LogP contribution in [0.1, 0.15) is 35.4 Å². The summed E-state index contributed by atoms with van der Waals surface area (Å²) >= 11 is 2.80. The molecule has 6 nitrogen and oxygen atoms in total. The minimum absolute atomic E-state index is 0.0945. The zero-order valence-corrected chi connectivity index (χ0v) is 21.6. The number of ether oxygens (including phenoxy) is 1. The van der Waals surface area contributed by atoms with Crippen LogP contribution in [0.2, 0.25) is 0 Å². The average molecular weight is 506 g/mol. The Morgan fingerprint density at radius 1 is 1.20 bits per heavy atom. The molecule has 1 aliphatic heterocycles. The molecule has 3 heterocycles. The molecule has 0 atom stereocenters. The molecule has 4 aromatic rings. The first-order chi connectivity index (χ1) is 16.8. The van der Waals surface area contributed by atoms with E-state index in [1.54, 1.807) is 4.57 Å². The fourth-order valence-corrected chi connectivity index (χ4v) is 6.23. The predicted octanol–water partition coefficient (Wildman–Crippen LogP) is 5.02. The number of fused-ring (bicyclic) bond motifs is 3. The highest BCUT2D eigenvalue weighted by Gasteiger charge is 2.31. The molecular weight excluding hydrogens is 478 g/mol. The van der Waals surface area contributed by atoms with Crippen molar-refractivity contribution in [3.63, 3.8) is 0 Å². The molecule has 8 heteroatoms. The maximum absolute atomic E-state index is 13.9. The SMILES string of the molecule is Cc1cccc(-n2c(SCC(=O)NCc3ccccc3)nc3sc4c(c3c2=O)CC(C)(C)OC4)c1. The number of aryl methyl sites for hydroxylation is 1. The number of carbonyl (C=O) groups is 1. The van der Waals surface area contributed by atoms with Gasteiger partial charge in [-0.2, -0.15) is 0 Å². The van der Waals surface area contributed by atoms with Crippen molar-refractivity contribution in [2.24, 2.45) is 0 Å². The summed E-state index contributed by atoms with van der Waals surface area (Å²) in [6, 6.07) is 17.6. The van der Waals surface area contributed by atoms with E-state index in [0.717, 1.165) is 27.3 Å². The summed E-state index contributed by atoms with van der Waals surface area (Å²) < 4.78 is 7.63. The van der Waals surface area contributed by atoms with E-state index in [4.69, 9.17) is 9.72 Å². The molecule has 0 spiro atoms. The lowest BCUT2D eigenvalue weighted by molar-refractivity contribution is -0.118. The van der Waals surface area contributed by atoms with E-state index in [1.165, 1.54) is 23.1 Å². The Kier molecular flexibility index (Phi) is 6.53. The van der Waals surface area contributed by atoms with Crippen LogP contribution < -0.4 is 10.9 Å². The third-order valence-electron chi connectivity index (χ3n) is 6.00. The van der Waals surface area contributed by atoms with Gasteiger partial charge in [0, 0.05) is 17.8 Å². The van der Waals surface area contributed by atoms with Crippen molar-refractivity contribution >= 4 is 39.2 Å². The lowest BCUT2D eigenvalue weighted by Gasteiger charge is -2.29. The molecule has 2 aromatic heterocycles. The van der Waals surface area contributed by atoms with Gasteiger partial charge in [0.1, 0.15) is 4.83 Å². The van der Waals surface area contributed by atoms with Gasteiger partial charge in [-0.1, -0.05) is 54.2 Å². The van der Waals surface area contributed by atoms with Crippen LogP contribution in [0.15, 0.2) is 64.5 Å². The summed E-state index contributed by atoms with van der Waals surface area (Å²) in [7, 11) is 0. The van der Waals surface area contributed by atoms with Crippen molar-refractivity contribution in [3.05, 3.63) is 86.5 Å². The fraction of sp³-hybridized carbons (Fsp3) is 0.296. The number of hydrogen-bond acceptors (Lipinski definition) is 6. The molecule has 1 aliphatic rings. The van der Waals surface area contributed by atoms with Gasteiger partial charge in [0.15, 0.2) is 5.16 Å². The Morgan fingerprint density at radius 2 is 2.00 bits per heavy atom. The Bertz CT molecular complexity index is 1460. The average Bonchev–Trinajstić information content (AvgIpc) is 3.18. The number of nitrogens with one attached hydrogen (secondary N) is 1. The first kappa shape index (κ1) is 23.8. The van der Waals surface area contributed by atoms with Gasteiger partial charge in [-0.15, -0.1) is 11.3 Å². The van der Waals surface area contributed by atoms with Crippen LogP contribution in [0.5, 0.6) is 0 Å². The van der Waals surface area contributed by atoms with E-state index in [1.807, 2.05) is 75.4 Å². The van der Waals surface area contributed by atoms with Gasteiger partial charge in [-0.25, -0.2) is 4.98 Å². The van der Waals surface area contributed by atoms with Crippen molar-refractivity contribution < 1.29 is 9.53 Å². The molecular formula is C27H27N3O3S2. The summed E-state index contributed by atoms with van der Waals surface area (Å²) in [5.74, 6) is 0.0577. The quantitative estimate of drug-likeness (QED) is 0.294. The third kappa shape index (κ3) is 5.05. The highest BCUT2D eigenvalue weighted by atomic mass is 32.2. The van der Waals surface area contributed by atoms with E-state index in [-0.39, 0.29) is 22.8 Å². The van der Waals surface area contributed by atoms with Crippen LogP contribution >= 0.6 is 23.1 Å². The molecule has 0 fully saturated rings. The molecule has 1 amide bonds. The minimum atomic E-state index is -0.328. The first-order valence-corrected chi connectivity index (χ1v) is 13.3. The second kappa shape index (κ2) is 9.60. The van der Waals surface area contributed by atoms with E-state index in [0.29, 0.717) is 34.9 Å². The molecule has 0 saturated heterocycles. The predicted molar refractivity (Wildman–Crippen MR) is 142 cm³/mol. The van der Waals surface area contributed by atoms with Gasteiger partial charge in [0.05, 0.1) is 29.0 Å². The van der Waals surface area contributed by atoms with Gasteiger partial charge in [-0.3, -0.25) is 14.2 Å². The Morgan fingerprint density at radius 3 is 2.77 bits per heavy atom. The normalized spacial score (nSPS) is 14.6. The third-order valence-corrected chi connectivity index (χ3v) is 8.04. The van der Waals surface area contributed by atoms with Gasteiger partial charge < -0.3 is 10.1 Å². The summed E-state index contributed by atoms with van der Waals surface area (Å²) in [4.78, 5) is 33.2. The molecule has 1 N–H and O–H groups in total. The van der Waals surface area contributed by atoms with Crippen LogP contribution in [0, 0.1) is 6.92 Å². The number of amides is 1. The number of carbonyl (C=O) groups excluding carboxylic acids is 1. The smallest absolute Gasteiger partial charge is 0.267 e. The second-order valence-electron chi connectivity index (χ2n) is 9.33. The second-order valence-corrected chi connectivity index (χ2v) is 11.4. The highest BCUT2D eigenvalue weighted by Crippen LogP contribution is 2.38. The van der Waals surface area contributed by atoms with Crippen molar-refractivity contribution in [2.75, 3.05) is 5.75 Å². The molecule has 180 valence electrons. The lowest BCUT2D eigenvalue weighted by atomic mass is 9.94. The Balaban J connectivity index is 1.50. The van der Waals surface area contributed by atoms with E-state index in [2.05, 4.69) is 5.32 Å². The molecule has 0 radical (unpaired) electrons. The minimum Gasteiger partial charge on any atom is -0.370 e. The number of thiophene rings is 1. The van der Waals surface area contributed by atoms with Crippen LogP contribution in [0.4, 0.5) is 0 Å². The van der Waals surface area contributed by atoms with Crippen LogP contribution in [0.25, 0.3) is 15.9 Å². The lowest BCUT2D eigenvalue weighted by Crippen LogP contribution is -2.32. The number of benzene rings is 2. The van der Waals surface area contributed by atoms with Crippen LogP contribution in [0.3, 0.4) is 0 Å². The number of aromatic nitrogens is 2. The largest absolute Gasteiger partial charge is 0.370 e. The molecule has 2 aromatic carbocycles. The van der Waals surface area contributed by atoms with E-state index in [9.17, 15) is 9.59 Å². The Labute approximate surface area is 212 Å². The molecule has 0 aliphatic carbocycles. The van der Waals surface area contributed by atoms with Crippen molar-refractivity contribution in [2.45, 2.75) is 51.1 Å². The monoisotopic (exact) mass is 505 g/mol.